The number of nitrogens with zero attached hydrogens (tertiary/aromatic N) is 1. The Labute approximate surface area is 111 Å². The first-order valence-electron chi connectivity index (χ1n) is 5.99. The van der Waals surface area contributed by atoms with Crippen LogP contribution in [0, 0.1) is 17.1 Å². The van der Waals surface area contributed by atoms with Crippen molar-refractivity contribution < 1.29 is 9.50 Å². The van der Waals surface area contributed by atoms with Crippen LogP contribution in [0.4, 0.5) is 4.39 Å². The third-order valence-corrected chi connectivity index (χ3v) is 3.10. The van der Waals surface area contributed by atoms with Crippen LogP contribution in [0.1, 0.15) is 23.6 Å². The molecule has 19 heavy (non-hydrogen) atoms. The van der Waals surface area contributed by atoms with Crippen molar-refractivity contribution in [2.45, 2.75) is 18.9 Å². The summed E-state index contributed by atoms with van der Waals surface area (Å²) in [5.74, 6) is -0.290. The maximum Gasteiger partial charge on any atom is 0.123 e. The highest BCUT2D eigenvalue weighted by atomic mass is 19.1. The lowest BCUT2D eigenvalue weighted by Crippen LogP contribution is -2.24. The SMILES string of the molecule is CC(O)(Cc1ccc(F)cc1)c1ccc(C#N)cc1. The molecule has 1 N–H and O–H groups in total. The summed E-state index contributed by atoms with van der Waals surface area (Å²) in [5.41, 5.74) is 1.10. The predicted octanol–water partition coefficient (Wildman–Crippen LogP) is 3.15. The summed E-state index contributed by atoms with van der Waals surface area (Å²) in [6.07, 6.45) is 0.388. The molecule has 0 spiro atoms. The Morgan fingerprint density at radius 1 is 1.11 bits per heavy atom. The van der Waals surface area contributed by atoms with Crippen molar-refractivity contribution in [3.8, 4) is 6.07 Å². The summed E-state index contributed by atoms with van der Waals surface area (Å²) in [4.78, 5) is 0. The summed E-state index contributed by atoms with van der Waals surface area (Å²) in [6.45, 7) is 1.71. The molecule has 0 radical (unpaired) electrons. The van der Waals surface area contributed by atoms with Crippen molar-refractivity contribution >= 4 is 0 Å². The van der Waals surface area contributed by atoms with Gasteiger partial charge in [0.15, 0.2) is 0 Å². The monoisotopic (exact) mass is 255 g/mol. The number of rotatable bonds is 3. The minimum absolute atomic E-state index is 0.290. The van der Waals surface area contributed by atoms with Gasteiger partial charge in [-0.3, -0.25) is 0 Å². The molecule has 96 valence electrons. The first-order valence-corrected chi connectivity index (χ1v) is 5.99. The number of hydrogen-bond acceptors (Lipinski definition) is 2. The standard InChI is InChI=1S/C16H14FNO/c1-16(19,10-12-4-8-15(17)9-5-12)14-6-2-13(11-18)3-7-14/h2-9,19H,10H2,1H3. The van der Waals surface area contributed by atoms with Gasteiger partial charge >= 0.3 is 0 Å². The van der Waals surface area contributed by atoms with Crippen molar-refractivity contribution in [3.63, 3.8) is 0 Å². The van der Waals surface area contributed by atoms with Gasteiger partial charge < -0.3 is 5.11 Å². The molecule has 0 saturated heterocycles. The van der Waals surface area contributed by atoms with E-state index in [2.05, 4.69) is 0 Å². The molecule has 3 heteroatoms. The Balaban J connectivity index is 2.21. The Morgan fingerprint density at radius 2 is 1.68 bits per heavy atom. The third-order valence-electron chi connectivity index (χ3n) is 3.10. The first kappa shape index (κ1) is 13.3. The molecule has 0 aliphatic carbocycles. The highest BCUT2D eigenvalue weighted by Gasteiger charge is 2.23. The lowest BCUT2D eigenvalue weighted by atomic mass is 9.89. The molecule has 2 rings (SSSR count). The molecule has 0 heterocycles. The van der Waals surface area contributed by atoms with Crippen LogP contribution < -0.4 is 0 Å². The van der Waals surface area contributed by atoms with E-state index in [1.807, 2.05) is 6.07 Å². The number of benzene rings is 2. The fourth-order valence-electron chi connectivity index (χ4n) is 2.01. The van der Waals surface area contributed by atoms with E-state index in [0.717, 1.165) is 11.1 Å². The van der Waals surface area contributed by atoms with Gasteiger partial charge in [-0.2, -0.15) is 5.26 Å². The molecule has 0 aliphatic rings. The number of aliphatic hydroxyl groups is 1. The van der Waals surface area contributed by atoms with Gasteiger partial charge in [-0.15, -0.1) is 0 Å². The van der Waals surface area contributed by atoms with Gasteiger partial charge in [-0.05, 0) is 42.3 Å². The van der Waals surface area contributed by atoms with E-state index < -0.39 is 5.60 Å². The molecule has 0 aromatic heterocycles. The van der Waals surface area contributed by atoms with Crippen molar-refractivity contribution in [3.05, 3.63) is 71.0 Å². The average molecular weight is 255 g/mol. The predicted molar refractivity (Wildman–Crippen MR) is 70.8 cm³/mol. The summed E-state index contributed by atoms with van der Waals surface area (Å²) in [5, 5.41) is 19.2. The van der Waals surface area contributed by atoms with Crippen LogP contribution in [0.15, 0.2) is 48.5 Å². The lowest BCUT2D eigenvalue weighted by Gasteiger charge is -2.24. The Bertz CT molecular complexity index is 594. The quantitative estimate of drug-likeness (QED) is 0.915. The van der Waals surface area contributed by atoms with Gasteiger partial charge in [-0.25, -0.2) is 4.39 Å². The molecule has 2 aromatic rings. The van der Waals surface area contributed by atoms with E-state index in [4.69, 9.17) is 5.26 Å². The largest absolute Gasteiger partial charge is 0.385 e. The topological polar surface area (TPSA) is 44.0 Å². The Hall–Kier alpha value is -2.18. The minimum atomic E-state index is -1.05. The fraction of sp³-hybridized carbons (Fsp3) is 0.188. The third kappa shape index (κ3) is 3.18. The van der Waals surface area contributed by atoms with Crippen LogP contribution in [-0.2, 0) is 12.0 Å². The fourth-order valence-corrected chi connectivity index (χ4v) is 2.01. The maximum absolute atomic E-state index is 12.8. The van der Waals surface area contributed by atoms with Gasteiger partial charge in [-0.1, -0.05) is 24.3 Å². The van der Waals surface area contributed by atoms with Gasteiger partial charge in [0.1, 0.15) is 5.82 Å². The van der Waals surface area contributed by atoms with Crippen molar-refractivity contribution in [2.24, 2.45) is 0 Å². The summed E-state index contributed by atoms with van der Waals surface area (Å²) in [7, 11) is 0. The summed E-state index contributed by atoms with van der Waals surface area (Å²) >= 11 is 0. The van der Waals surface area contributed by atoms with Crippen LogP contribution in [0.25, 0.3) is 0 Å². The van der Waals surface area contributed by atoms with Crippen LogP contribution in [0.5, 0.6) is 0 Å². The molecule has 1 unspecified atom stereocenters. The van der Waals surface area contributed by atoms with E-state index >= 15 is 0 Å². The molecule has 1 atom stereocenters. The van der Waals surface area contributed by atoms with E-state index in [-0.39, 0.29) is 5.82 Å². The maximum atomic E-state index is 12.8. The molecule has 2 aromatic carbocycles. The van der Waals surface area contributed by atoms with Crippen molar-refractivity contribution in [1.29, 1.82) is 5.26 Å². The first-order chi connectivity index (χ1) is 9.01. The molecular weight excluding hydrogens is 241 g/mol. The second-order valence-corrected chi connectivity index (χ2v) is 4.77. The van der Waals surface area contributed by atoms with Crippen LogP contribution >= 0.6 is 0 Å². The summed E-state index contributed by atoms with van der Waals surface area (Å²) in [6, 6.07) is 14.9. The zero-order chi connectivity index (χ0) is 13.9. The summed E-state index contributed by atoms with van der Waals surface area (Å²) < 4.78 is 12.8. The zero-order valence-corrected chi connectivity index (χ0v) is 10.6. The molecule has 0 aliphatic heterocycles. The molecule has 0 bridgehead atoms. The van der Waals surface area contributed by atoms with Gasteiger partial charge in [0.2, 0.25) is 0 Å². The molecule has 0 amide bonds. The van der Waals surface area contributed by atoms with Gasteiger partial charge in [0.25, 0.3) is 0 Å². The minimum Gasteiger partial charge on any atom is -0.385 e. The van der Waals surface area contributed by atoms with Crippen molar-refractivity contribution in [2.75, 3.05) is 0 Å². The van der Waals surface area contributed by atoms with E-state index in [9.17, 15) is 9.50 Å². The molecule has 0 saturated carbocycles. The lowest BCUT2D eigenvalue weighted by molar-refractivity contribution is 0.0576. The second-order valence-electron chi connectivity index (χ2n) is 4.77. The number of nitriles is 1. The molecule has 0 fully saturated rings. The smallest absolute Gasteiger partial charge is 0.123 e. The Morgan fingerprint density at radius 3 is 2.21 bits per heavy atom. The van der Waals surface area contributed by atoms with Crippen molar-refractivity contribution in [1.82, 2.24) is 0 Å². The molecule has 2 nitrogen and oxygen atoms in total. The number of hydrogen-bond donors (Lipinski definition) is 1. The van der Waals surface area contributed by atoms with Gasteiger partial charge in [0, 0.05) is 6.42 Å². The van der Waals surface area contributed by atoms with E-state index in [1.165, 1.54) is 12.1 Å². The van der Waals surface area contributed by atoms with Crippen LogP contribution in [0.3, 0.4) is 0 Å². The van der Waals surface area contributed by atoms with E-state index in [0.29, 0.717) is 12.0 Å². The zero-order valence-electron chi connectivity index (χ0n) is 10.6. The van der Waals surface area contributed by atoms with E-state index in [1.54, 1.807) is 43.3 Å². The number of halogens is 1. The Kier molecular flexibility index (Phi) is 3.64. The highest BCUT2D eigenvalue weighted by Crippen LogP contribution is 2.25. The normalized spacial score (nSPS) is 13.6. The van der Waals surface area contributed by atoms with Gasteiger partial charge in [0.05, 0.1) is 17.2 Å². The molecular formula is C16H14FNO. The highest BCUT2D eigenvalue weighted by molar-refractivity contribution is 5.34. The van der Waals surface area contributed by atoms with Crippen LogP contribution in [0.2, 0.25) is 0 Å². The van der Waals surface area contributed by atoms with Crippen LogP contribution in [-0.4, -0.2) is 5.11 Å². The average Bonchev–Trinajstić information content (AvgIpc) is 2.41. The second kappa shape index (κ2) is 5.21.